The summed E-state index contributed by atoms with van der Waals surface area (Å²) in [5.41, 5.74) is 4.26. The van der Waals surface area contributed by atoms with E-state index in [2.05, 4.69) is 22.3 Å². The van der Waals surface area contributed by atoms with E-state index < -0.39 is 18.5 Å². The van der Waals surface area contributed by atoms with Crippen molar-refractivity contribution in [2.45, 2.75) is 51.2 Å². The number of benzene rings is 2. The Morgan fingerprint density at radius 3 is 2.32 bits per heavy atom. The number of alkyl halides is 3. The molecule has 2 aromatic rings. The Hall–Kier alpha value is -3.25. The quantitative estimate of drug-likeness (QED) is 0.333. The minimum absolute atomic E-state index is 0. The summed E-state index contributed by atoms with van der Waals surface area (Å²) in [6.07, 6.45) is -3.41. The molecule has 0 unspecified atom stereocenters. The fourth-order valence-corrected chi connectivity index (χ4v) is 4.43. The lowest BCUT2D eigenvalue weighted by atomic mass is 10.1. The maximum Gasteiger partial charge on any atom is 0.389 e. The molecule has 1 aliphatic rings. The van der Waals surface area contributed by atoms with Gasteiger partial charge in [-0.1, -0.05) is 36.4 Å². The zero-order valence-corrected chi connectivity index (χ0v) is 21.8. The molecule has 6 nitrogen and oxygen atoms in total. The average Bonchev–Trinajstić information content (AvgIpc) is 3.27. The molecule has 0 aromatic heterocycles. The van der Waals surface area contributed by atoms with Crippen molar-refractivity contribution in [2.75, 3.05) is 31.6 Å². The lowest BCUT2D eigenvalue weighted by Gasteiger charge is -2.30. The first-order valence-corrected chi connectivity index (χ1v) is 12.0. The van der Waals surface area contributed by atoms with Gasteiger partial charge in [-0.2, -0.15) is 13.2 Å². The largest absolute Gasteiger partial charge is 0.389 e. The fourth-order valence-electron chi connectivity index (χ4n) is 4.43. The van der Waals surface area contributed by atoms with Crippen LogP contribution in [0.5, 0.6) is 0 Å². The molecule has 2 amide bonds. The van der Waals surface area contributed by atoms with Crippen LogP contribution in [-0.4, -0.2) is 55.6 Å². The highest BCUT2D eigenvalue weighted by molar-refractivity contribution is 5.87. The topological polar surface area (TPSA) is 57.0 Å². The van der Waals surface area contributed by atoms with E-state index in [4.69, 9.17) is 6.57 Å². The second-order valence-corrected chi connectivity index (χ2v) is 9.20. The summed E-state index contributed by atoms with van der Waals surface area (Å²) in [5.74, 6) is -0.545. The Bertz CT molecular complexity index is 1110. The highest BCUT2D eigenvalue weighted by Crippen LogP contribution is 2.28. The Balaban J connectivity index is 0.00000481. The Morgan fingerprint density at radius 2 is 1.73 bits per heavy atom. The predicted molar refractivity (Wildman–Crippen MR) is 140 cm³/mol. The van der Waals surface area contributed by atoms with Crippen LogP contribution in [0.2, 0.25) is 0 Å². The molecule has 0 atom stereocenters. The zero-order valence-electron chi connectivity index (χ0n) is 21.0. The van der Waals surface area contributed by atoms with E-state index in [9.17, 15) is 22.8 Å². The molecule has 0 spiro atoms. The van der Waals surface area contributed by atoms with Gasteiger partial charge in [-0.25, -0.2) is 4.85 Å². The summed E-state index contributed by atoms with van der Waals surface area (Å²) in [6.45, 7) is 9.08. The summed E-state index contributed by atoms with van der Waals surface area (Å²) in [5, 5.41) is 2.65. The summed E-state index contributed by atoms with van der Waals surface area (Å²) in [4.78, 5) is 32.8. The molecule has 0 heterocycles. The summed E-state index contributed by atoms with van der Waals surface area (Å²) in [7, 11) is 1.76. The van der Waals surface area contributed by atoms with Crippen LogP contribution in [0.15, 0.2) is 42.5 Å². The SMILES string of the molecule is Cl.[C-]#[N+]c1ccc(C)c(N(CC(=O)NCCCCC(F)(F)F)CC(=O)N(C)C2Cc3ccccc3C2)c1. The number of amides is 2. The van der Waals surface area contributed by atoms with E-state index in [1.165, 1.54) is 11.1 Å². The van der Waals surface area contributed by atoms with Crippen LogP contribution < -0.4 is 10.2 Å². The first-order chi connectivity index (χ1) is 17.1. The number of halogens is 4. The van der Waals surface area contributed by atoms with Gasteiger partial charge in [-0.05, 0) is 55.4 Å². The molecule has 0 aliphatic heterocycles. The smallest absolute Gasteiger partial charge is 0.355 e. The Labute approximate surface area is 222 Å². The van der Waals surface area contributed by atoms with Crippen molar-refractivity contribution < 1.29 is 22.8 Å². The van der Waals surface area contributed by atoms with Gasteiger partial charge in [-0.3, -0.25) is 9.59 Å². The number of hydrogen-bond acceptors (Lipinski definition) is 3. The van der Waals surface area contributed by atoms with Crippen molar-refractivity contribution in [1.82, 2.24) is 10.2 Å². The van der Waals surface area contributed by atoms with E-state index in [1.54, 1.807) is 35.0 Å². The third-order valence-electron chi connectivity index (χ3n) is 6.50. The number of nitrogens with zero attached hydrogens (tertiary/aromatic N) is 3. The minimum Gasteiger partial charge on any atom is -0.355 e. The number of fused-ring (bicyclic) bond motifs is 1. The molecule has 0 radical (unpaired) electrons. The lowest BCUT2D eigenvalue weighted by Crippen LogP contribution is -2.46. The highest BCUT2D eigenvalue weighted by Gasteiger charge is 2.29. The van der Waals surface area contributed by atoms with Crippen LogP contribution in [0.4, 0.5) is 24.5 Å². The van der Waals surface area contributed by atoms with Gasteiger partial charge < -0.3 is 15.1 Å². The number of nitrogens with one attached hydrogen (secondary N) is 1. The van der Waals surface area contributed by atoms with Crippen molar-refractivity contribution in [3.05, 3.63) is 70.6 Å². The molecule has 0 fully saturated rings. The number of carbonyl (C=O) groups excluding carboxylic acids is 2. The van der Waals surface area contributed by atoms with E-state index in [-0.39, 0.29) is 56.8 Å². The summed E-state index contributed by atoms with van der Waals surface area (Å²) in [6, 6.07) is 13.2. The van der Waals surface area contributed by atoms with Gasteiger partial charge in [0.05, 0.1) is 19.7 Å². The minimum atomic E-state index is -4.21. The highest BCUT2D eigenvalue weighted by atomic mass is 35.5. The first kappa shape index (κ1) is 30.0. The van der Waals surface area contributed by atoms with Gasteiger partial charge in [-0.15, -0.1) is 12.4 Å². The van der Waals surface area contributed by atoms with Crippen LogP contribution >= 0.6 is 12.4 Å². The van der Waals surface area contributed by atoms with E-state index in [0.717, 1.165) is 18.4 Å². The summed E-state index contributed by atoms with van der Waals surface area (Å²) < 4.78 is 37.0. The molecule has 37 heavy (non-hydrogen) atoms. The third-order valence-corrected chi connectivity index (χ3v) is 6.50. The van der Waals surface area contributed by atoms with E-state index in [0.29, 0.717) is 11.4 Å². The summed E-state index contributed by atoms with van der Waals surface area (Å²) >= 11 is 0. The van der Waals surface area contributed by atoms with Gasteiger partial charge >= 0.3 is 6.18 Å². The van der Waals surface area contributed by atoms with Gasteiger partial charge in [0.15, 0.2) is 5.69 Å². The van der Waals surface area contributed by atoms with Crippen LogP contribution in [0, 0.1) is 13.5 Å². The van der Waals surface area contributed by atoms with Gasteiger partial charge in [0.1, 0.15) is 0 Å². The molecule has 1 aliphatic carbocycles. The number of rotatable bonds is 10. The predicted octanol–water partition coefficient (Wildman–Crippen LogP) is 5.25. The van der Waals surface area contributed by atoms with Gasteiger partial charge in [0.25, 0.3) is 0 Å². The van der Waals surface area contributed by atoms with Crippen molar-refractivity contribution in [3.8, 4) is 0 Å². The Kier molecular flexibility index (Phi) is 10.8. The molecular weight excluding hydrogens is 505 g/mol. The standard InChI is InChI=1S/C27H31F3N4O2.ClH/c1-19-10-11-22(31-2)16-24(19)34(17-25(35)32-13-7-6-12-27(28,29)30)18-26(36)33(3)23-14-20-8-4-5-9-21(20)15-23;/h4-5,8-11,16,23H,6-7,12-15,17-18H2,1,3H3,(H,32,35);1H. The second-order valence-electron chi connectivity index (χ2n) is 9.20. The van der Waals surface area contributed by atoms with E-state index in [1.807, 2.05) is 19.1 Å². The number of carbonyl (C=O) groups is 2. The monoisotopic (exact) mass is 536 g/mol. The van der Waals surface area contributed by atoms with Gasteiger partial charge in [0, 0.05) is 31.7 Å². The number of unbranched alkanes of at least 4 members (excludes halogenated alkanes) is 1. The van der Waals surface area contributed by atoms with Crippen LogP contribution in [0.3, 0.4) is 0 Å². The number of anilines is 1. The normalized spacial score (nSPS) is 12.8. The Morgan fingerprint density at radius 1 is 1.08 bits per heavy atom. The van der Waals surface area contributed by atoms with E-state index >= 15 is 0 Å². The molecule has 1 N–H and O–H groups in total. The molecule has 2 aromatic carbocycles. The first-order valence-electron chi connectivity index (χ1n) is 12.0. The molecule has 0 saturated carbocycles. The second kappa shape index (κ2) is 13.3. The third kappa shape index (κ3) is 8.67. The maximum absolute atomic E-state index is 13.3. The molecule has 3 rings (SSSR count). The van der Waals surface area contributed by atoms with Crippen LogP contribution in [0.25, 0.3) is 4.85 Å². The number of hydrogen-bond donors (Lipinski definition) is 1. The number of aryl methyl sites for hydroxylation is 1. The molecule has 200 valence electrons. The molecular formula is C27H32ClF3N4O2. The van der Waals surface area contributed by atoms with Crippen LogP contribution in [0.1, 0.15) is 36.0 Å². The maximum atomic E-state index is 13.3. The van der Waals surface area contributed by atoms with Crippen molar-refractivity contribution in [1.29, 1.82) is 0 Å². The van der Waals surface area contributed by atoms with Crippen LogP contribution in [-0.2, 0) is 22.4 Å². The zero-order chi connectivity index (χ0) is 26.3. The lowest BCUT2D eigenvalue weighted by molar-refractivity contribution is -0.135. The number of likely N-dealkylation sites (N-methyl/N-ethyl adjacent to an activating group) is 1. The van der Waals surface area contributed by atoms with Gasteiger partial charge in [0.2, 0.25) is 11.8 Å². The molecule has 10 heteroatoms. The fraction of sp³-hybridized carbons (Fsp3) is 0.444. The molecule has 0 saturated heterocycles. The molecule has 0 bridgehead atoms. The van der Waals surface area contributed by atoms with Crippen molar-refractivity contribution in [2.24, 2.45) is 0 Å². The van der Waals surface area contributed by atoms with Crippen molar-refractivity contribution >= 4 is 35.6 Å². The van der Waals surface area contributed by atoms with Crippen molar-refractivity contribution in [3.63, 3.8) is 0 Å². The average molecular weight is 537 g/mol.